The molecule has 47 heavy (non-hydrogen) atoms. The largest absolute Gasteiger partial charge is 0.478 e. The second-order valence-corrected chi connectivity index (χ2v) is 26.0. The summed E-state index contributed by atoms with van der Waals surface area (Å²) in [6.07, 6.45) is 0. The van der Waals surface area contributed by atoms with E-state index >= 15 is 0 Å². The van der Waals surface area contributed by atoms with Crippen molar-refractivity contribution in [1.82, 2.24) is 0 Å². The number of rotatable bonds is 18. The Kier molecular flexibility index (Phi) is 19.5. The highest BCUT2D eigenvalue weighted by Crippen LogP contribution is 2.52. The molecule has 4 nitrogen and oxygen atoms in total. The molecule has 0 radical (unpaired) electrons. The first kappa shape index (κ1) is 46.9. The molecule has 2 aromatic rings. The molecule has 6 atom stereocenters. The van der Waals surface area contributed by atoms with Gasteiger partial charge in [0.1, 0.15) is 5.75 Å². The third-order valence-electron chi connectivity index (χ3n) is 6.96. The predicted octanol–water partition coefficient (Wildman–Crippen LogP) is 14.7. The normalized spacial score (nSPS) is 18.8. The van der Waals surface area contributed by atoms with E-state index in [0.717, 1.165) is 45.4 Å². The fourth-order valence-electron chi connectivity index (χ4n) is 3.96. The lowest BCUT2D eigenvalue weighted by molar-refractivity contribution is 0.0857. The van der Waals surface area contributed by atoms with Crippen LogP contribution in [-0.2, 0) is 14.9 Å². The van der Waals surface area contributed by atoms with Crippen molar-refractivity contribution in [3.63, 3.8) is 0 Å². The molecular weight excluding hydrogens is 1400 g/mol. The average Bonchev–Trinajstić information content (AvgIpc) is 2.98. The van der Waals surface area contributed by atoms with Gasteiger partial charge in [0.2, 0.25) is 0 Å². The van der Waals surface area contributed by atoms with Crippen LogP contribution in [0.1, 0.15) is 52.7 Å². The Bertz CT molecular complexity index is 1300. The molecule has 2 rings (SSSR count). The lowest BCUT2D eigenvalue weighted by atomic mass is 9.78. The van der Waals surface area contributed by atoms with Crippen LogP contribution >= 0.6 is 191 Å². The van der Waals surface area contributed by atoms with Crippen molar-refractivity contribution < 1.29 is 18.9 Å². The third-order valence-corrected chi connectivity index (χ3v) is 21.0. The van der Waals surface area contributed by atoms with E-state index in [9.17, 15) is 0 Å². The van der Waals surface area contributed by atoms with E-state index in [0.29, 0.717) is 32.2 Å². The van der Waals surface area contributed by atoms with Gasteiger partial charge in [-0.2, -0.15) is 0 Å². The van der Waals surface area contributed by atoms with Gasteiger partial charge in [-0.25, -0.2) is 0 Å². The van der Waals surface area contributed by atoms with Crippen molar-refractivity contribution >= 4 is 191 Å². The fraction of sp³-hybridized carbons (Fsp3) is 0.613. The highest BCUT2D eigenvalue weighted by Gasteiger charge is 2.37. The summed E-state index contributed by atoms with van der Waals surface area (Å²) in [7, 11) is 0. The number of benzene rings is 2. The highest BCUT2D eigenvalue weighted by molar-refractivity contribution is 9.14. The molecule has 0 amide bonds. The Morgan fingerprint density at radius 2 is 0.957 bits per heavy atom. The van der Waals surface area contributed by atoms with E-state index in [1.807, 2.05) is 26.0 Å². The first-order chi connectivity index (χ1) is 21.4. The summed E-state index contributed by atoms with van der Waals surface area (Å²) in [5.74, 6) is 1.38. The zero-order valence-corrected chi connectivity index (χ0v) is 45.4. The first-order valence-corrected chi connectivity index (χ1v) is 24.5. The summed E-state index contributed by atoms with van der Waals surface area (Å²) in [5, 5.41) is 0.819. The molecule has 0 aromatic heterocycles. The summed E-state index contributed by atoms with van der Waals surface area (Å²) in [4.78, 5) is 0. The minimum absolute atomic E-state index is 0.131. The number of hydrogen-bond donors (Lipinski definition) is 0. The monoisotopic (exact) mass is 1420 g/mol. The molecule has 0 N–H and O–H groups in total. The van der Waals surface area contributed by atoms with E-state index in [1.165, 1.54) is 0 Å². The molecule has 0 aliphatic rings. The summed E-state index contributed by atoms with van der Waals surface area (Å²) in [6, 6.07) is 8.16. The molecule has 0 saturated heterocycles. The van der Waals surface area contributed by atoms with Gasteiger partial charge in [0, 0.05) is 25.0 Å². The van der Waals surface area contributed by atoms with Gasteiger partial charge < -0.3 is 18.9 Å². The van der Waals surface area contributed by atoms with Crippen LogP contribution in [0.15, 0.2) is 42.2 Å². The Labute approximate surface area is 380 Å². The molecule has 0 aliphatic heterocycles. The number of ether oxygens (including phenoxy) is 4. The smallest absolute Gasteiger partial charge is 0.170 e. The van der Waals surface area contributed by atoms with Crippen LogP contribution in [0, 0.1) is 0 Å². The van der Waals surface area contributed by atoms with E-state index < -0.39 is 19.1 Å². The summed E-state index contributed by atoms with van der Waals surface area (Å²) in [6.45, 7) is 14.6. The molecule has 2 aromatic carbocycles. The summed E-state index contributed by atoms with van der Waals surface area (Å²) in [5.41, 5.74) is 1.74. The number of hydrogen-bond acceptors (Lipinski definition) is 4. The second-order valence-electron chi connectivity index (χ2n) is 12.6. The molecule has 268 valence electrons. The molecule has 0 spiro atoms. The average molecular weight is 1430 g/mol. The van der Waals surface area contributed by atoms with Gasteiger partial charge >= 0.3 is 0 Å². The molecule has 0 aliphatic carbocycles. The van der Waals surface area contributed by atoms with Gasteiger partial charge in [0.25, 0.3) is 0 Å². The maximum atomic E-state index is 6.49. The molecule has 0 heterocycles. The van der Waals surface area contributed by atoms with Crippen molar-refractivity contribution in [3.8, 4) is 11.5 Å². The van der Waals surface area contributed by atoms with Crippen LogP contribution < -0.4 is 9.47 Å². The van der Waals surface area contributed by atoms with Crippen molar-refractivity contribution in [2.45, 2.75) is 74.3 Å². The highest BCUT2D eigenvalue weighted by atomic mass is 79.9. The Hall–Kier alpha value is 3.72. The van der Waals surface area contributed by atoms with Crippen molar-refractivity contribution in [2.75, 3.05) is 37.1 Å². The van der Waals surface area contributed by atoms with Gasteiger partial charge in [-0.15, -0.1) is 0 Å². The first-order valence-electron chi connectivity index (χ1n) is 14.0. The van der Waals surface area contributed by atoms with Crippen molar-refractivity contribution in [3.05, 3.63) is 53.3 Å². The number of alkyl halides is 8. The lowest BCUT2D eigenvalue weighted by Crippen LogP contribution is -2.39. The van der Waals surface area contributed by atoms with Crippen LogP contribution in [0.4, 0.5) is 0 Å². The van der Waals surface area contributed by atoms with Crippen molar-refractivity contribution in [2.24, 2.45) is 0 Å². The molecule has 6 unspecified atom stereocenters. The molecule has 16 heteroatoms. The summed E-state index contributed by atoms with van der Waals surface area (Å²) < 4.78 is 26.8. The van der Waals surface area contributed by atoms with E-state index in [4.69, 9.17) is 18.9 Å². The van der Waals surface area contributed by atoms with Crippen molar-refractivity contribution in [1.29, 1.82) is 0 Å². The van der Waals surface area contributed by atoms with Crippen LogP contribution in [0.5, 0.6) is 11.5 Å². The molecular formula is C31H36Br12O4. The SMILES string of the molecule is CC(Br)(CBr)COCC(C)(Br)C(Br)Oc1ccc(C(C)(C)c2c(Br)c(Br)c(OC(Br)C(C)(Br)COCC(C)(Br)CBr)c(Br)c2Br)cc1. The lowest BCUT2D eigenvalue weighted by Gasteiger charge is -2.33. The topological polar surface area (TPSA) is 36.9 Å². The van der Waals surface area contributed by atoms with Crippen LogP contribution in [0.25, 0.3) is 0 Å². The second kappa shape index (κ2) is 19.5. The summed E-state index contributed by atoms with van der Waals surface area (Å²) >= 11 is 44.8. The van der Waals surface area contributed by atoms with Gasteiger partial charge in [-0.1, -0.05) is 122 Å². The molecule has 0 bridgehead atoms. The van der Waals surface area contributed by atoms with Gasteiger partial charge in [-0.3, -0.25) is 0 Å². The fourth-order valence-corrected chi connectivity index (χ4v) is 9.05. The van der Waals surface area contributed by atoms with E-state index in [-0.39, 0.29) is 13.7 Å². The molecule has 0 saturated carbocycles. The molecule has 0 fully saturated rings. The Morgan fingerprint density at radius 3 is 1.34 bits per heavy atom. The quantitative estimate of drug-likeness (QED) is 0.110. The van der Waals surface area contributed by atoms with Crippen LogP contribution in [0.3, 0.4) is 0 Å². The maximum Gasteiger partial charge on any atom is 0.170 e. The minimum atomic E-state index is -0.516. The predicted molar refractivity (Wildman–Crippen MR) is 241 cm³/mol. The standard InChI is InChI=1S/C31H36Br12O4/c1-27(2,17-7-9-18(10-8-17)46-25(38)30(5,42)15-44-13-28(3,40)11-32)19-20(34)22(36)24(23(37)21(19)35)47-26(39)31(6,43)16-45-14-29(4,41)12-33/h7-10,25-26H,11-16H2,1-6H3. The minimum Gasteiger partial charge on any atom is -0.478 e. The van der Waals surface area contributed by atoms with E-state index in [1.54, 1.807) is 0 Å². The number of halogens is 12. The van der Waals surface area contributed by atoms with E-state index in [2.05, 4.69) is 231 Å². The van der Waals surface area contributed by atoms with Crippen LogP contribution in [0.2, 0.25) is 0 Å². The van der Waals surface area contributed by atoms with Gasteiger partial charge in [0.05, 0.1) is 52.7 Å². The zero-order valence-electron chi connectivity index (χ0n) is 26.4. The van der Waals surface area contributed by atoms with Gasteiger partial charge in [-0.05, 0) is 147 Å². The van der Waals surface area contributed by atoms with Gasteiger partial charge in [0.15, 0.2) is 15.8 Å². The Balaban J connectivity index is 2.24. The zero-order chi connectivity index (χ0) is 36.2. The third kappa shape index (κ3) is 13.5. The van der Waals surface area contributed by atoms with Crippen LogP contribution in [-0.4, -0.2) is 64.4 Å². The maximum absolute atomic E-state index is 6.49. The Morgan fingerprint density at radius 1 is 0.574 bits per heavy atom.